The highest BCUT2D eigenvalue weighted by molar-refractivity contribution is 5.22. The van der Waals surface area contributed by atoms with E-state index in [1.807, 2.05) is 0 Å². The van der Waals surface area contributed by atoms with Crippen LogP contribution in [0.15, 0.2) is 0 Å². The van der Waals surface area contributed by atoms with E-state index in [4.69, 9.17) is 4.74 Å². The summed E-state index contributed by atoms with van der Waals surface area (Å²) in [5.41, 5.74) is 0.449. The van der Waals surface area contributed by atoms with Crippen LogP contribution in [0.1, 0.15) is 5.56 Å². The summed E-state index contributed by atoms with van der Waals surface area (Å²) in [7, 11) is 3.12. The van der Waals surface area contributed by atoms with Crippen molar-refractivity contribution in [1.82, 2.24) is 9.78 Å². The van der Waals surface area contributed by atoms with Gasteiger partial charge in [0.2, 0.25) is 11.8 Å². The molecular formula is C6H9FN2O. The van der Waals surface area contributed by atoms with Crippen LogP contribution < -0.4 is 4.74 Å². The first-order valence-corrected chi connectivity index (χ1v) is 2.90. The molecule has 0 saturated heterocycles. The zero-order chi connectivity index (χ0) is 7.72. The van der Waals surface area contributed by atoms with Crippen molar-refractivity contribution >= 4 is 0 Å². The van der Waals surface area contributed by atoms with E-state index in [0.717, 1.165) is 0 Å². The lowest BCUT2D eigenvalue weighted by molar-refractivity contribution is 0.370. The Hall–Kier alpha value is -1.06. The van der Waals surface area contributed by atoms with Gasteiger partial charge in [-0.2, -0.15) is 4.39 Å². The fourth-order valence-corrected chi connectivity index (χ4v) is 0.868. The number of halogens is 1. The zero-order valence-corrected chi connectivity index (χ0v) is 6.18. The van der Waals surface area contributed by atoms with Crippen LogP contribution >= 0.6 is 0 Å². The number of nitrogens with zero attached hydrogens (tertiary/aromatic N) is 2. The van der Waals surface area contributed by atoms with Crippen molar-refractivity contribution in [2.75, 3.05) is 7.11 Å². The molecule has 0 aliphatic carbocycles. The molecule has 56 valence electrons. The molecule has 10 heavy (non-hydrogen) atoms. The van der Waals surface area contributed by atoms with E-state index in [9.17, 15) is 4.39 Å². The maximum absolute atomic E-state index is 12.6. The van der Waals surface area contributed by atoms with Crippen LogP contribution in [0.25, 0.3) is 0 Å². The number of ether oxygens (including phenoxy) is 1. The summed E-state index contributed by atoms with van der Waals surface area (Å²) in [6.45, 7) is 1.63. The van der Waals surface area contributed by atoms with Gasteiger partial charge >= 0.3 is 0 Å². The molecule has 1 rings (SSSR count). The first-order valence-electron chi connectivity index (χ1n) is 2.90. The molecule has 1 aromatic rings. The highest BCUT2D eigenvalue weighted by Crippen LogP contribution is 2.17. The largest absolute Gasteiger partial charge is 0.481 e. The second kappa shape index (κ2) is 2.28. The van der Waals surface area contributed by atoms with Gasteiger partial charge in [0.25, 0.3) is 0 Å². The van der Waals surface area contributed by atoms with E-state index in [1.165, 1.54) is 11.8 Å². The molecule has 0 radical (unpaired) electrons. The molecular weight excluding hydrogens is 135 g/mol. The zero-order valence-electron chi connectivity index (χ0n) is 6.18. The Kier molecular flexibility index (Phi) is 1.61. The number of hydrogen-bond acceptors (Lipinski definition) is 2. The minimum absolute atomic E-state index is 0.449. The van der Waals surface area contributed by atoms with Gasteiger partial charge in [-0.25, -0.2) is 4.68 Å². The topological polar surface area (TPSA) is 27.1 Å². The molecule has 4 heteroatoms. The maximum atomic E-state index is 12.6. The van der Waals surface area contributed by atoms with Gasteiger partial charge in [-0.1, -0.05) is 0 Å². The summed E-state index contributed by atoms with van der Waals surface area (Å²) in [6.07, 6.45) is 0. The molecule has 1 heterocycles. The smallest absolute Gasteiger partial charge is 0.239 e. The van der Waals surface area contributed by atoms with Crippen LogP contribution in [0.4, 0.5) is 4.39 Å². The Morgan fingerprint density at radius 1 is 1.60 bits per heavy atom. The Labute approximate surface area is 58.4 Å². The van der Waals surface area contributed by atoms with Crippen molar-refractivity contribution in [3.05, 3.63) is 11.5 Å². The van der Waals surface area contributed by atoms with Gasteiger partial charge in [-0.05, 0) is 6.92 Å². The molecule has 0 aliphatic rings. The van der Waals surface area contributed by atoms with E-state index >= 15 is 0 Å². The molecule has 3 nitrogen and oxygen atoms in total. The number of rotatable bonds is 1. The predicted molar refractivity (Wildman–Crippen MR) is 34.5 cm³/mol. The molecule has 0 N–H and O–H groups in total. The molecule has 0 fully saturated rings. The maximum Gasteiger partial charge on any atom is 0.239 e. The quantitative estimate of drug-likeness (QED) is 0.585. The molecule has 0 bridgehead atoms. The highest BCUT2D eigenvalue weighted by Gasteiger charge is 2.10. The molecule has 0 aromatic carbocycles. The van der Waals surface area contributed by atoms with Crippen molar-refractivity contribution in [3.8, 4) is 5.88 Å². The standard InChI is InChI=1S/C6H9FN2O/c1-4-5(7)8-9(2)6(4)10-3/h1-3H3. The number of aryl methyl sites for hydroxylation is 1. The Morgan fingerprint density at radius 2 is 2.20 bits per heavy atom. The lowest BCUT2D eigenvalue weighted by Gasteiger charge is -1.98. The van der Waals surface area contributed by atoms with Gasteiger partial charge in [0.05, 0.1) is 12.7 Å². The number of hydrogen-bond donors (Lipinski definition) is 0. The SMILES string of the molecule is COc1c(C)c(F)nn1C. The summed E-state index contributed by atoms with van der Waals surface area (Å²) >= 11 is 0. The van der Waals surface area contributed by atoms with E-state index in [2.05, 4.69) is 5.10 Å². The summed E-state index contributed by atoms with van der Waals surface area (Å²) in [5.74, 6) is -0.00292. The molecule has 0 unspecified atom stereocenters. The summed E-state index contributed by atoms with van der Waals surface area (Å²) in [5, 5.41) is 3.51. The van der Waals surface area contributed by atoms with Crippen LogP contribution in [-0.2, 0) is 7.05 Å². The third-order valence-corrected chi connectivity index (χ3v) is 1.36. The minimum atomic E-state index is -0.473. The van der Waals surface area contributed by atoms with Crippen LogP contribution in [0.5, 0.6) is 5.88 Å². The third-order valence-electron chi connectivity index (χ3n) is 1.36. The van der Waals surface area contributed by atoms with Crippen LogP contribution in [-0.4, -0.2) is 16.9 Å². The Morgan fingerprint density at radius 3 is 2.40 bits per heavy atom. The molecule has 0 spiro atoms. The second-order valence-corrected chi connectivity index (χ2v) is 2.05. The normalized spacial score (nSPS) is 10.0. The van der Waals surface area contributed by atoms with Gasteiger partial charge < -0.3 is 4.74 Å². The monoisotopic (exact) mass is 144 g/mol. The minimum Gasteiger partial charge on any atom is -0.481 e. The van der Waals surface area contributed by atoms with E-state index in [-0.39, 0.29) is 0 Å². The highest BCUT2D eigenvalue weighted by atomic mass is 19.1. The van der Waals surface area contributed by atoms with E-state index < -0.39 is 5.95 Å². The third kappa shape index (κ3) is 0.853. The first-order chi connectivity index (χ1) is 4.66. The molecule has 0 amide bonds. The average molecular weight is 144 g/mol. The van der Waals surface area contributed by atoms with Gasteiger partial charge in [-0.15, -0.1) is 5.10 Å². The first kappa shape index (κ1) is 7.05. The van der Waals surface area contributed by atoms with Crippen LogP contribution in [0, 0.1) is 12.9 Å². The number of aromatic nitrogens is 2. The van der Waals surface area contributed by atoms with Crippen LogP contribution in [0.3, 0.4) is 0 Å². The summed E-state index contributed by atoms with van der Waals surface area (Å²) in [4.78, 5) is 0. The van der Waals surface area contributed by atoms with Crippen molar-refractivity contribution in [2.24, 2.45) is 7.05 Å². The van der Waals surface area contributed by atoms with Gasteiger partial charge in [0, 0.05) is 7.05 Å². The second-order valence-electron chi connectivity index (χ2n) is 2.05. The fourth-order valence-electron chi connectivity index (χ4n) is 0.868. The molecule has 1 aromatic heterocycles. The molecule has 0 saturated carbocycles. The Bertz CT molecular complexity index is 244. The van der Waals surface area contributed by atoms with Gasteiger partial charge in [-0.3, -0.25) is 0 Å². The number of methoxy groups -OCH3 is 1. The lowest BCUT2D eigenvalue weighted by Crippen LogP contribution is -1.95. The van der Waals surface area contributed by atoms with E-state index in [0.29, 0.717) is 11.4 Å². The summed E-state index contributed by atoms with van der Waals surface area (Å²) < 4.78 is 18.8. The lowest BCUT2D eigenvalue weighted by atomic mass is 10.4. The van der Waals surface area contributed by atoms with Crippen LogP contribution in [0.2, 0.25) is 0 Å². The van der Waals surface area contributed by atoms with Crippen molar-refractivity contribution in [3.63, 3.8) is 0 Å². The average Bonchev–Trinajstić information content (AvgIpc) is 2.09. The van der Waals surface area contributed by atoms with Crippen molar-refractivity contribution in [2.45, 2.75) is 6.92 Å². The summed E-state index contributed by atoms with van der Waals surface area (Å²) in [6, 6.07) is 0. The van der Waals surface area contributed by atoms with E-state index in [1.54, 1.807) is 14.0 Å². The molecule has 0 atom stereocenters. The molecule has 0 aliphatic heterocycles. The van der Waals surface area contributed by atoms with Crippen molar-refractivity contribution in [1.29, 1.82) is 0 Å². The fraction of sp³-hybridized carbons (Fsp3) is 0.500. The van der Waals surface area contributed by atoms with Crippen molar-refractivity contribution < 1.29 is 9.13 Å². The Balaban J connectivity index is 3.20. The predicted octanol–water partition coefficient (Wildman–Crippen LogP) is 0.876. The van der Waals surface area contributed by atoms with Gasteiger partial charge in [0.1, 0.15) is 0 Å². The van der Waals surface area contributed by atoms with Gasteiger partial charge in [0.15, 0.2) is 0 Å².